The van der Waals surface area contributed by atoms with E-state index in [1.165, 1.54) is 24.5 Å². The van der Waals surface area contributed by atoms with Gasteiger partial charge in [0, 0.05) is 18.1 Å². The van der Waals surface area contributed by atoms with Gasteiger partial charge in [-0.05, 0) is 18.2 Å². The second kappa shape index (κ2) is 4.94. The molecule has 1 heterocycles. The highest BCUT2D eigenvalue weighted by molar-refractivity contribution is 5.61. The fraction of sp³-hybridized carbons (Fsp3) is 0.0833. The van der Waals surface area contributed by atoms with E-state index in [1.807, 2.05) is 0 Å². The minimum absolute atomic E-state index is 0.0138. The van der Waals surface area contributed by atoms with Gasteiger partial charge >= 0.3 is 6.18 Å². The van der Waals surface area contributed by atoms with Gasteiger partial charge in [-0.15, -0.1) is 0 Å². The molecular formula is C12H7F3N4. The Morgan fingerprint density at radius 1 is 1.16 bits per heavy atom. The zero-order valence-electron chi connectivity index (χ0n) is 9.44. The van der Waals surface area contributed by atoms with Gasteiger partial charge < -0.3 is 5.32 Å². The normalized spacial score (nSPS) is 10.8. The van der Waals surface area contributed by atoms with Crippen LogP contribution in [0, 0.1) is 11.3 Å². The smallest absolute Gasteiger partial charge is 0.338 e. The molecule has 2 rings (SSSR count). The lowest BCUT2D eigenvalue weighted by molar-refractivity contribution is -0.137. The lowest BCUT2D eigenvalue weighted by atomic mass is 10.2. The Morgan fingerprint density at radius 3 is 2.58 bits per heavy atom. The van der Waals surface area contributed by atoms with E-state index in [1.54, 1.807) is 6.07 Å². The first-order valence-corrected chi connectivity index (χ1v) is 5.16. The maximum atomic E-state index is 12.5. The number of benzene rings is 1. The summed E-state index contributed by atoms with van der Waals surface area (Å²) in [6, 6.07) is 6.43. The molecule has 4 nitrogen and oxygen atoms in total. The standard InChI is InChI=1S/C12H7F3N4/c13-12(14,15)8-2-1-3-9(6-8)19-11-10(7-16)17-4-5-18-11/h1-6H,(H,18,19). The first kappa shape index (κ1) is 12.8. The average molecular weight is 264 g/mol. The van der Waals surface area contributed by atoms with Gasteiger partial charge in [0.15, 0.2) is 11.5 Å². The molecule has 0 aliphatic rings. The van der Waals surface area contributed by atoms with Gasteiger partial charge in [0.25, 0.3) is 0 Å². The third-order valence-corrected chi connectivity index (χ3v) is 2.26. The number of nitriles is 1. The van der Waals surface area contributed by atoms with E-state index in [0.717, 1.165) is 12.1 Å². The van der Waals surface area contributed by atoms with Crippen molar-refractivity contribution in [3.8, 4) is 6.07 Å². The number of hydrogen-bond donors (Lipinski definition) is 1. The number of halogens is 3. The highest BCUT2D eigenvalue weighted by atomic mass is 19.4. The van der Waals surface area contributed by atoms with Crippen LogP contribution in [0.3, 0.4) is 0 Å². The summed E-state index contributed by atoms with van der Waals surface area (Å²) in [5.74, 6) is 0.115. The van der Waals surface area contributed by atoms with Gasteiger partial charge in [-0.25, -0.2) is 9.97 Å². The van der Waals surface area contributed by atoms with Crippen molar-refractivity contribution in [2.45, 2.75) is 6.18 Å². The van der Waals surface area contributed by atoms with Gasteiger partial charge in [0.05, 0.1) is 5.56 Å². The van der Waals surface area contributed by atoms with Gasteiger partial charge in [-0.1, -0.05) is 6.07 Å². The predicted octanol–water partition coefficient (Wildman–Crippen LogP) is 3.11. The number of anilines is 2. The number of nitrogens with one attached hydrogen (secondary N) is 1. The van der Waals surface area contributed by atoms with E-state index in [0.29, 0.717) is 0 Å². The van der Waals surface area contributed by atoms with Gasteiger partial charge in [0.1, 0.15) is 6.07 Å². The minimum Gasteiger partial charge on any atom is -0.338 e. The molecule has 0 spiro atoms. The van der Waals surface area contributed by atoms with Crippen molar-refractivity contribution in [2.75, 3.05) is 5.32 Å². The summed E-state index contributed by atoms with van der Waals surface area (Å²) in [4.78, 5) is 7.62. The van der Waals surface area contributed by atoms with Crippen LogP contribution in [-0.2, 0) is 6.18 Å². The number of aromatic nitrogens is 2. The summed E-state index contributed by atoms with van der Waals surface area (Å²) < 4.78 is 37.6. The van der Waals surface area contributed by atoms with Crippen molar-refractivity contribution in [1.82, 2.24) is 9.97 Å². The van der Waals surface area contributed by atoms with Crippen LogP contribution in [0.15, 0.2) is 36.7 Å². The molecule has 0 saturated carbocycles. The molecule has 19 heavy (non-hydrogen) atoms. The Kier molecular flexibility index (Phi) is 3.33. The van der Waals surface area contributed by atoms with Crippen LogP contribution < -0.4 is 5.32 Å². The second-order valence-corrected chi connectivity index (χ2v) is 3.57. The van der Waals surface area contributed by atoms with Crippen LogP contribution in [0.25, 0.3) is 0 Å². The topological polar surface area (TPSA) is 61.6 Å². The maximum absolute atomic E-state index is 12.5. The molecule has 0 amide bonds. The molecule has 1 aromatic heterocycles. The number of rotatable bonds is 2. The molecule has 1 N–H and O–H groups in total. The number of alkyl halides is 3. The maximum Gasteiger partial charge on any atom is 0.416 e. The van der Waals surface area contributed by atoms with Crippen molar-refractivity contribution in [3.63, 3.8) is 0 Å². The Morgan fingerprint density at radius 2 is 1.89 bits per heavy atom. The number of nitrogens with zero attached hydrogens (tertiary/aromatic N) is 3. The van der Waals surface area contributed by atoms with Crippen molar-refractivity contribution in [3.05, 3.63) is 47.9 Å². The fourth-order valence-electron chi connectivity index (χ4n) is 1.42. The zero-order chi connectivity index (χ0) is 13.9. The van der Waals surface area contributed by atoms with Crippen LogP contribution in [0.5, 0.6) is 0 Å². The molecule has 0 aliphatic heterocycles. The molecule has 2 aromatic rings. The van der Waals surface area contributed by atoms with E-state index >= 15 is 0 Å². The zero-order valence-corrected chi connectivity index (χ0v) is 9.44. The molecule has 0 unspecified atom stereocenters. The highest BCUT2D eigenvalue weighted by Gasteiger charge is 2.30. The van der Waals surface area contributed by atoms with Crippen LogP contribution in [0.2, 0.25) is 0 Å². The molecule has 0 aliphatic carbocycles. The van der Waals surface area contributed by atoms with Crippen molar-refractivity contribution in [2.24, 2.45) is 0 Å². The molecule has 0 saturated heterocycles. The van der Waals surface area contributed by atoms with Crippen molar-refractivity contribution >= 4 is 11.5 Å². The second-order valence-electron chi connectivity index (χ2n) is 3.57. The Hall–Kier alpha value is -2.62. The summed E-state index contributed by atoms with van der Waals surface area (Å²) in [6.07, 6.45) is -1.75. The summed E-state index contributed by atoms with van der Waals surface area (Å²) in [5, 5.41) is 11.4. The molecule has 0 atom stereocenters. The summed E-state index contributed by atoms with van der Waals surface area (Å²) in [7, 11) is 0. The van der Waals surface area contributed by atoms with Crippen LogP contribution in [0.1, 0.15) is 11.3 Å². The van der Waals surface area contributed by atoms with E-state index in [9.17, 15) is 13.2 Å². The third kappa shape index (κ3) is 2.98. The predicted molar refractivity (Wildman–Crippen MR) is 61.5 cm³/mol. The van der Waals surface area contributed by atoms with E-state index in [2.05, 4.69) is 15.3 Å². The van der Waals surface area contributed by atoms with E-state index < -0.39 is 11.7 Å². The van der Waals surface area contributed by atoms with E-state index in [4.69, 9.17) is 5.26 Å². The molecule has 96 valence electrons. The van der Waals surface area contributed by atoms with Gasteiger partial charge in [-0.2, -0.15) is 18.4 Å². The molecular weight excluding hydrogens is 257 g/mol. The van der Waals surface area contributed by atoms with Crippen molar-refractivity contribution in [1.29, 1.82) is 5.26 Å². The monoisotopic (exact) mass is 264 g/mol. The molecule has 0 bridgehead atoms. The molecule has 1 aromatic carbocycles. The average Bonchev–Trinajstić information content (AvgIpc) is 2.39. The largest absolute Gasteiger partial charge is 0.416 e. The Balaban J connectivity index is 2.32. The Labute approximate surface area is 106 Å². The minimum atomic E-state index is -4.42. The molecule has 0 radical (unpaired) electrons. The lowest BCUT2D eigenvalue weighted by Crippen LogP contribution is -2.05. The van der Waals surface area contributed by atoms with E-state index in [-0.39, 0.29) is 17.2 Å². The fourth-order valence-corrected chi connectivity index (χ4v) is 1.42. The van der Waals surface area contributed by atoms with Crippen LogP contribution in [-0.4, -0.2) is 9.97 Å². The molecule has 7 heteroatoms. The summed E-state index contributed by atoms with van der Waals surface area (Å²) in [5.41, 5.74) is -0.577. The van der Waals surface area contributed by atoms with Crippen LogP contribution >= 0.6 is 0 Å². The lowest BCUT2D eigenvalue weighted by Gasteiger charge is -2.10. The van der Waals surface area contributed by atoms with Crippen LogP contribution in [0.4, 0.5) is 24.7 Å². The third-order valence-electron chi connectivity index (χ3n) is 2.26. The van der Waals surface area contributed by atoms with Gasteiger partial charge in [-0.3, -0.25) is 0 Å². The Bertz CT molecular complexity index is 631. The highest BCUT2D eigenvalue weighted by Crippen LogP contribution is 2.31. The first-order chi connectivity index (χ1) is 9.00. The van der Waals surface area contributed by atoms with Crippen molar-refractivity contribution < 1.29 is 13.2 Å². The summed E-state index contributed by atoms with van der Waals surface area (Å²) >= 11 is 0. The first-order valence-electron chi connectivity index (χ1n) is 5.16. The van der Waals surface area contributed by atoms with Gasteiger partial charge in [0.2, 0.25) is 0 Å². The number of hydrogen-bond acceptors (Lipinski definition) is 4. The molecule has 0 fully saturated rings. The SMILES string of the molecule is N#Cc1nccnc1Nc1cccc(C(F)(F)F)c1. The quantitative estimate of drug-likeness (QED) is 0.905. The summed E-state index contributed by atoms with van der Waals surface area (Å²) in [6.45, 7) is 0.